The van der Waals surface area contributed by atoms with E-state index in [0.717, 1.165) is 10.0 Å². The van der Waals surface area contributed by atoms with Crippen LogP contribution >= 0.6 is 27.5 Å². The summed E-state index contributed by atoms with van der Waals surface area (Å²) in [4.78, 5) is 22.4. The van der Waals surface area contributed by atoms with E-state index in [0.29, 0.717) is 5.69 Å². The molecule has 0 heterocycles. The van der Waals surface area contributed by atoms with Gasteiger partial charge in [-0.15, -0.1) is 0 Å². The Morgan fingerprint density at radius 3 is 2.67 bits per heavy atom. The number of halogens is 2. The summed E-state index contributed by atoms with van der Waals surface area (Å²) in [5, 5.41) is 13.4. The number of carbonyl (C=O) groups excluding carboxylic acids is 1. The van der Waals surface area contributed by atoms with Crippen molar-refractivity contribution >= 4 is 44.8 Å². The van der Waals surface area contributed by atoms with E-state index < -0.39 is 10.8 Å². The van der Waals surface area contributed by atoms with Gasteiger partial charge >= 0.3 is 0 Å². The van der Waals surface area contributed by atoms with Crippen molar-refractivity contribution < 1.29 is 9.72 Å². The summed E-state index contributed by atoms with van der Waals surface area (Å²) in [5.41, 5.74) is 1.25. The Balaban J connectivity index is 2.33. The predicted molar refractivity (Wildman–Crippen MR) is 84.9 cm³/mol. The van der Waals surface area contributed by atoms with Crippen LogP contribution in [-0.2, 0) is 0 Å². The lowest BCUT2D eigenvalue weighted by molar-refractivity contribution is -0.384. The van der Waals surface area contributed by atoms with E-state index >= 15 is 0 Å². The number of amides is 1. The molecule has 5 nitrogen and oxygen atoms in total. The standard InChI is InChI=1S/C14H10BrClN2O3/c1-8-7-9(15)5-6-11(8)17-14(19)10-3-2-4-12(13(10)16)18(20)21/h2-7H,1H3,(H,17,19). The maximum Gasteiger partial charge on any atom is 0.288 e. The van der Waals surface area contributed by atoms with Crippen molar-refractivity contribution in [3.05, 3.63) is 67.1 Å². The molecule has 0 aliphatic carbocycles. The van der Waals surface area contributed by atoms with Gasteiger partial charge in [0.05, 0.1) is 10.5 Å². The number of nitro benzene ring substituents is 1. The smallest absolute Gasteiger partial charge is 0.288 e. The Bertz CT molecular complexity index is 734. The first-order valence-electron chi connectivity index (χ1n) is 5.90. The second kappa shape index (κ2) is 6.24. The van der Waals surface area contributed by atoms with Crippen LogP contribution in [-0.4, -0.2) is 10.8 Å². The van der Waals surface area contributed by atoms with Gasteiger partial charge < -0.3 is 5.32 Å². The van der Waals surface area contributed by atoms with E-state index in [1.54, 1.807) is 12.1 Å². The molecule has 0 fully saturated rings. The topological polar surface area (TPSA) is 72.2 Å². The molecule has 108 valence electrons. The van der Waals surface area contributed by atoms with Gasteiger partial charge in [0, 0.05) is 16.2 Å². The molecule has 0 spiro atoms. The maximum atomic E-state index is 12.2. The van der Waals surface area contributed by atoms with Crippen molar-refractivity contribution in [1.82, 2.24) is 0 Å². The fraction of sp³-hybridized carbons (Fsp3) is 0.0714. The molecule has 2 rings (SSSR count). The highest BCUT2D eigenvalue weighted by Crippen LogP contribution is 2.29. The zero-order valence-electron chi connectivity index (χ0n) is 10.9. The number of nitrogens with one attached hydrogen (secondary N) is 1. The van der Waals surface area contributed by atoms with Crippen molar-refractivity contribution in [2.45, 2.75) is 6.92 Å². The highest BCUT2D eigenvalue weighted by atomic mass is 79.9. The normalized spacial score (nSPS) is 10.2. The van der Waals surface area contributed by atoms with Crippen molar-refractivity contribution in [2.75, 3.05) is 5.32 Å². The zero-order valence-corrected chi connectivity index (χ0v) is 13.2. The molecule has 2 aromatic carbocycles. The molecular formula is C14H10BrClN2O3. The number of rotatable bonds is 3. The fourth-order valence-corrected chi connectivity index (χ4v) is 2.55. The Morgan fingerprint density at radius 1 is 1.33 bits per heavy atom. The van der Waals surface area contributed by atoms with Gasteiger partial charge in [0.15, 0.2) is 0 Å². The Hall–Kier alpha value is -1.92. The molecule has 21 heavy (non-hydrogen) atoms. The predicted octanol–water partition coefficient (Wildman–Crippen LogP) is 4.57. The number of aryl methyl sites for hydroxylation is 1. The average molecular weight is 370 g/mol. The third kappa shape index (κ3) is 3.40. The van der Waals surface area contributed by atoms with Crippen molar-refractivity contribution in [2.24, 2.45) is 0 Å². The SMILES string of the molecule is Cc1cc(Br)ccc1NC(=O)c1cccc([N+](=O)[O-])c1Cl. The quantitative estimate of drug-likeness (QED) is 0.636. The van der Waals surface area contributed by atoms with Gasteiger partial charge in [0.1, 0.15) is 5.02 Å². The highest BCUT2D eigenvalue weighted by Gasteiger charge is 2.20. The molecule has 1 amide bonds. The molecular weight excluding hydrogens is 360 g/mol. The van der Waals surface area contributed by atoms with Gasteiger partial charge in [-0.2, -0.15) is 0 Å². The summed E-state index contributed by atoms with van der Waals surface area (Å²) in [7, 11) is 0. The second-order valence-corrected chi connectivity index (χ2v) is 5.60. The minimum Gasteiger partial charge on any atom is -0.322 e. The van der Waals surface area contributed by atoms with Crippen molar-refractivity contribution in [3.8, 4) is 0 Å². The van der Waals surface area contributed by atoms with Crippen LogP contribution < -0.4 is 5.32 Å². The van der Waals surface area contributed by atoms with Crippen LogP contribution in [0.5, 0.6) is 0 Å². The Labute approximate surface area is 134 Å². The van der Waals surface area contributed by atoms with E-state index in [2.05, 4.69) is 21.2 Å². The number of carbonyl (C=O) groups is 1. The number of benzene rings is 2. The van der Waals surface area contributed by atoms with Crippen LogP contribution in [0.15, 0.2) is 40.9 Å². The molecule has 0 aliphatic rings. The van der Waals surface area contributed by atoms with E-state index in [-0.39, 0.29) is 16.3 Å². The summed E-state index contributed by atoms with van der Waals surface area (Å²) in [5.74, 6) is -0.492. The van der Waals surface area contributed by atoms with E-state index in [1.165, 1.54) is 18.2 Å². The van der Waals surface area contributed by atoms with Crippen LogP contribution in [0.4, 0.5) is 11.4 Å². The molecule has 0 saturated heterocycles. The van der Waals surface area contributed by atoms with E-state index in [4.69, 9.17) is 11.6 Å². The largest absolute Gasteiger partial charge is 0.322 e. The summed E-state index contributed by atoms with van der Waals surface area (Å²) in [6.45, 7) is 1.84. The first-order valence-corrected chi connectivity index (χ1v) is 7.07. The summed E-state index contributed by atoms with van der Waals surface area (Å²) in [6.07, 6.45) is 0. The molecule has 0 bridgehead atoms. The molecule has 7 heteroatoms. The monoisotopic (exact) mass is 368 g/mol. The lowest BCUT2D eigenvalue weighted by Crippen LogP contribution is -2.13. The average Bonchev–Trinajstić information content (AvgIpc) is 2.41. The van der Waals surface area contributed by atoms with E-state index in [1.807, 2.05) is 13.0 Å². The lowest BCUT2D eigenvalue weighted by atomic mass is 10.1. The molecule has 0 aromatic heterocycles. The molecule has 0 atom stereocenters. The third-order valence-electron chi connectivity index (χ3n) is 2.86. The number of nitro groups is 1. The molecule has 0 radical (unpaired) electrons. The van der Waals surface area contributed by atoms with Crippen LogP contribution in [0.1, 0.15) is 15.9 Å². The van der Waals surface area contributed by atoms with Crippen molar-refractivity contribution in [1.29, 1.82) is 0 Å². The number of anilines is 1. The van der Waals surface area contributed by atoms with Gasteiger partial charge in [-0.25, -0.2) is 0 Å². The molecule has 2 aromatic rings. The van der Waals surface area contributed by atoms with Crippen LogP contribution in [0.3, 0.4) is 0 Å². The zero-order chi connectivity index (χ0) is 15.6. The van der Waals surface area contributed by atoms with Gasteiger partial charge in [0.2, 0.25) is 0 Å². The third-order valence-corrected chi connectivity index (χ3v) is 3.75. The molecule has 0 aliphatic heterocycles. The van der Waals surface area contributed by atoms with Gasteiger partial charge in [-0.05, 0) is 36.8 Å². The summed E-state index contributed by atoms with van der Waals surface area (Å²) >= 11 is 9.26. The van der Waals surface area contributed by atoms with Crippen LogP contribution in [0.2, 0.25) is 5.02 Å². The lowest BCUT2D eigenvalue weighted by Gasteiger charge is -2.09. The van der Waals surface area contributed by atoms with Crippen LogP contribution in [0, 0.1) is 17.0 Å². The fourth-order valence-electron chi connectivity index (χ4n) is 1.79. The van der Waals surface area contributed by atoms with Gasteiger partial charge in [0.25, 0.3) is 11.6 Å². The number of hydrogen-bond acceptors (Lipinski definition) is 3. The number of hydrogen-bond donors (Lipinski definition) is 1. The van der Waals surface area contributed by atoms with Gasteiger partial charge in [-0.1, -0.05) is 33.6 Å². The summed E-state index contributed by atoms with van der Waals surface area (Å²) in [6, 6.07) is 9.50. The van der Waals surface area contributed by atoms with Gasteiger partial charge in [-0.3, -0.25) is 14.9 Å². The molecule has 1 N–H and O–H groups in total. The first kappa shape index (κ1) is 15.5. The minimum atomic E-state index is -0.621. The number of nitrogens with zero attached hydrogens (tertiary/aromatic N) is 1. The maximum absolute atomic E-state index is 12.2. The summed E-state index contributed by atoms with van der Waals surface area (Å²) < 4.78 is 0.895. The Kier molecular flexibility index (Phi) is 4.59. The first-order chi connectivity index (χ1) is 9.90. The highest BCUT2D eigenvalue weighted by molar-refractivity contribution is 9.10. The Morgan fingerprint density at radius 2 is 2.05 bits per heavy atom. The second-order valence-electron chi connectivity index (χ2n) is 4.31. The molecule has 0 saturated carbocycles. The minimum absolute atomic E-state index is 0.0631. The molecule has 0 unspecified atom stereocenters. The van der Waals surface area contributed by atoms with E-state index in [9.17, 15) is 14.9 Å². The van der Waals surface area contributed by atoms with Crippen molar-refractivity contribution in [3.63, 3.8) is 0 Å². The van der Waals surface area contributed by atoms with Crippen LogP contribution in [0.25, 0.3) is 0 Å².